The van der Waals surface area contributed by atoms with Gasteiger partial charge in [0.05, 0.1) is 18.7 Å². The molecule has 0 saturated carbocycles. The summed E-state index contributed by atoms with van der Waals surface area (Å²) in [4.78, 5) is 21.1. The van der Waals surface area contributed by atoms with Crippen molar-refractivity contribution >= 4 is 17.6 Å². The van der Waals surface area contributed by atoms with Gasteiger partial charge < -0.3 is 4.74 Å². The lowest BCUT2D eigenvalue weighted by atomic mass is 9.99. The first-order valence-corrected chi connectivity index (χ1v) is 10.4. The number of halogens is 1. The Labute approximate surface area is 175 Å². The number of esters is 1. The van der Waals surface area contributed by atoms with E-state index in [0.717, 1.165) is 48.2 Å². The van der Waals surface area contributed by atoms with E-state index in [2.05, 4.69) is 11.1 Å². The monoisotopic (exact) mass is 406 g/mol. The second kappa shape index (κ2) is 8.75. The molecule has 29 heavy (non-hydrogen) atoms. The topological polar surface area (TPSA) is 52.1 Å². The minimum Gasteiger partial charge on any atom is -0.466 e. The SMILES string of the molecule is CCOC(=O)Cc1ccc(Cc2cc(-c3cccc(Cl)c3)nc3c2CCC3)nc1. The number of pyridine rings is 2. The highest BCUT2D eigenvalue weighted by atomic mass is 35.5. The summed E-state index contributed by atoms with van der Waals surface area (Å²) in [5.74, 6) is -0.222. The summed E-state index contributed by atoms with van der Waals surface area (Å²) >= 11 is 6.18. The van der Waals surface area contributed by atoms with Gasteiger partial charge in [-0.25, -0.2) is 0 Å². The normalized spacial score (nSPS) is 12.6. The van der Waals surface area contributed by atoms with Crippen LogP contribution in [0.2, 0.25) is 5.02 Å². The van der Waals surface area contributed by atoms with E-state index in [1.165, 1.54) is 16.8 Å². The van der Waals surface area contributed by atoms with E-state index in [1.807, 2.05) is 43.3 Å². The van der Waals surface area contributed by atoms with E-state index in [4.69, 9.17) is 21.3 Å². The zero-order valence-corrected chi connectivity index (χ0v) is 17.2. The number of fused-ring (bicyclic) bond motifs is 1. The van der Waals surface area contributed by atoms with Crippen LogP contribution in [0.5, 0.6) is 0 Å². The van der Waals surface area contributed by atoms with Gasteiger partial charge in [-0.15, -0.1) is 0 Å². The Kier molecular flexibility index (Phi) is 5.91. The van der Waals surface area contributed by atoms with Crippen molar-refractivity contribution in [2.75, 3.05) is 6.61 Å². The minimum absolute atomic E-state index is 0.222. The molecule has 3 aromatic rings. The molecule has 148 valence electrons. The number of hydrogen-bond donors (Lipinski definition) is 0. The van der Waals surface area contributed by atoms with E-state index in [9.17, 15) is 4.79 Å². The maximum Gasteiger partial charge on any atom is 0.310 e. The number of ether oxygens (including phenoxy) is 1. The number of aromatic nitrogens is 2. The summed E-state index contributed by atoms with van der Waals surface area (Å²) in [6.45, 7) is 2.20. The van der Waals surface area contributed by atoms with Gasteiger partial charge in [-0.2, -0.15) is 0 Å². The van der Waals surface area contributed by atoms with Crippen LogP contribution in [0, 0.1) is 0 Å². The molecule has 0 unspecified atom stereocenters. The number of aryl methyl sites for hydroxylation is 1. The highest BCUT2D eigenvalue weighted by Crippen LogP contribution is 2.30. The van der Waals surface area contributed by atoms with E-state index in [0.29, 0.717) is 11.6 Å². The summed E-state index contributed by atoms with van der Waals surface area (Å²) in [5, 5.41) is 0.713. The van der Waals surface area contributed by atoms with Crippen LogP contribution < -0.4 is 0 Å². The van der Waals surface area contributed by atoms with Gasteiger partial charge in [-0.3, -0.25) is 14.8 Å². The van der Waals surface area contributed by atoms with Crippen LogP contribution in [0.4, 0.5) is 0 Å². The van der Waals surface area contributed by atoms with Gasteiger partial charge in [0.1, 0.15) is 0 Å². The number of hydrogen-bond acceptors (Lipinski definition) is 4. The quantitative estimate of drug-likeness (QED) is 0.541. The lowest BCUT2D eigenvalue weighted by Gasteiger charge is -2.12. The number of benzene rings is 1. The van der Waals surface area contributed by atoms with E-state index in [1.54, 1.807) is 6.20 Å². The van der Waals surface area contributed by atoms with Gasteiger partial charge in [0.15, 0.2) is 0 Å². The van der Waals surface area contributed by atoms with Gasteiger partial charge >= 0.3 is 5.97 Å². The molecule has 0 fully saturated rings. The average Bonchev–Trinajstić information content (AvgIpc) is 3.19. The predicted octanol–water partition coefficient (Wildman–Crippen LogP) is 4.98. The standard InChI is InChI=1S/C24H23ClN2O2/c1-2-29-24(28)11-16-9-10-20(26-15-16)13-18-14-23(17-5-3-6-19(25)12-17)27-22-8-4-7-21(18)22/h3,5-6,9-10,12,14-15H,2,4,7-8,11,13H2,1H3. The maximum atomic E-state index is 11.6. The van der Waals surface area contributed by atoms with Crippen molar-refractivity contribution in [3.63, 3.8) is 0 Å². The van der Waals surface area contributed by atoms with Crippen molar-refractivity contribution < 1.29 is 9.53 Å². The molecule has 2 heterocycles. The fourth-order valence-electron chi connectivity index (χ4n) is 3.82. The third-order valence-electron chi connectivity index (χ3n) is 5.17. The van der Waals surface area contributed by atoms with E-state index in [-0.39, 0.29) is 12.4 Å². The predicted molar refractivity (Wildman–Crippen MR) is 114 cm³/mol. The first-order chi connectivity index (χ1) is 14.1. The molecule has 4 nitrogen and oxygen atoms in total. The second-order valence-electron chi connectivity index (χ2n) is 7.27. The number of rotatable bonds is 6. The van der Waals surface area contributed by atoms with Gasteiger partial charge in [-0.05, 0) is 67.1 Å². The Hall–Kier alpha value is -2.72. The van der Waals surface area contributed by atoms with Crippen LogP contribution >= 0.6 is 11.6 Å². The Bertz CT molecular complexity index is 1030. The summed E-state index contributed by atoms with van der Waals surface area (Å²) in [5.41, 5.74) is 7.66. The fraction of sp³-hybridized carbons (Fsp3) is 0.292. The zero-order chi connectivity index (χ0) is 20.2. The molecule has 0 spiro atoms. The summed E-state index contributed by atoms with van der Waals surface area (Å²) in [6.07, 6.45) is 5.99. The van der Waals surface area contributed by atoms with Crippen LogP contribution in [-0.2, 0) is 35.2 Å². The van der Waals surface area contributed by atoms with Gasteiger partial charge in [0.25, 0.3) is 0 Å². The summed E-state index contributed by atoms with van der Waals surface area (Å²) in [7, 11) is 0. The lowest BCUT2D eigenvalue weighted by Crippen LogP contribution is -2.08. The fourth-order valence-corrected chi connectivity index (χ4v) is 4.01. The molecule has 0 N–H and O–H groups in total. The van der Waals surface area contributed by atoms with Crippen molar-refractivity contribution in [1.82, 2.24) is 9.97 Å². The minimum atomic E-state index is -0.222. The van der Waals surface area contributed by atoms with Crippen molar-refractivity contribution in [1.29, 1.82) is 0 Å². The van der Waals surface area contributed by atoms with Gasteiger partial charge in [0, 0.05) is 34.6 Å². The van der Waals surface area contributed by atoms with Crippen LogP contribution in [0.3, 0.4) is 0 Å². The van der Waals surface area contributed by atoms with Gasteiger partial charge in [0.2, 0.25) is 0 Å². The first kappa shape index (κ1) is 19.6. The Balaban J connectivity index is 1.59. The molecule has 2 aromatic heterocycles. The maximum absolute atomic E-state index is 11.6. The average molecular weight is 407 g/mol. The summed E-state index contributed by atoms with van der Waals surface area (Å²) < 4.78 is 5.00. The zero-order valence-electron chi connectivity index (χ0n) is 16.5. The highest BCUT2D eigenvalue weighted by Gasteiger charge is 2.19. The lowest BCUT2D eigenvalue weighted by molar-refractivity contribution is -0.142. The van der Waals surface area contributed by atoms with Crippen LogP contribution in [0.1, 0.15) is 41.4 Å². The molecular formula is C24H23ClN2O2. The van der Waals surface area contributed by atoms with Crippen LogP contribution in [0.25, 0.3) is 11.3 Å². The van der Waals surface area contributed by atoms with Crippen molar-refractivity contribution in [3.8, 4) is 11.3 Å². The van der Waals surface area contributed by atoms with Crippen molar-refractivity contribution in [2.45, 2.75) is 39.0 Å². The number of carbonyl (C=O) groups is 1. The first-order valence-electron chi connectivity index (χ1n) is 9.99. The smallest absolute Gasteiger partial charge is 0.310 e. The molecule has 0 aliphatic heterocycles. The third-order valence-corrected chi connectivity index (χ3v) is 5.41. The third kappa shape index (κ3) is 4.65. The molecule has 4 rings (SSSR count). The van der Waals surface area contributed by atoms with Crippen molar-refractivity contribution in [2.24, 2.45) is 0 Å². The molecule has 0 bridgehead atoms. The molecule has 0 amide bonds. The molecule has 1 aromatic carbocycles. The van der Waals surface area contributed by atoms with Crippen LogP contribution in [-0.4, -0.2) is 22.5 Å². The second-order valence-corrected chi connectivity index (χ2v) is 7.71. The molecular weight excluding hydrogens is 384 g/mol. The number of nitrogens with zero attached hydrogens (tertiary/aromatic N) is 2. The van der Waals surface area contributed by atoms with E-state index < -0.39 is 0 Å². The molecule has 5 heteroatoms. The molecule has 0 radical (unpaired) electrons. The van der Waals surface area contributed by atoms with Crippen molar-refractivity contribution in [3.05, 3.63) is 81.8 Å². The Morgan fingerprint density at radius 3 is 2.83 bits per heavy atom. The molecule has 1 aliphatic rings. The highest BCUT2D eigenvalue weighted by molar-refractivity contribution is 6.30. The summed E-state index contributed by atoms with van der Waals surface area (Å²) in [6, 6.07) is 14.0. The largest absolute Gasteiger partial charge is 0.466 e. The number of carbonyl (C=O) groups excluding carboxylic acids is 1. The Morgan fingerprint density at radius 1 is 1.17 bits per heavy atom. The van der Waals surface area contributed by atoms with Crippen LogP contribution in [0.15, 0.2) is 48.7 Å². The van der Waals surface area contributed by atoms with E-state index >= 15 is 0 Å². The molecule has 1 aliphatic carbocycles. The Morgan fingerprint density at radius 2 is 2.07 bits per heavy atom. The molecule has 0 atom stereocenters. The van der Waals surface area contributed by atoms with Gasteiger partial charge in [-0.1, -0.05) is 29.8 Å². The molecule has 0 saturated heterocycles.